The summed E-state index contributed by atoms with van der Waals surface area (Å²) in [6.45, 7) is 1.31. The van der Waals surface area contributed by atoms with Gasteiger partial charge in [0.05, 0.1) is 7.11 Å². The number of halogens is 2. The highest BCUT2D eigenvalue weighted by Crippen LogP contribution is 2.22. The van der Waals surface area contributed by atoms with Gasteiger partial charge in [-0.15, -0.1) is 0 Å². The molecule has 2 N–H and O–H groups in total. The average molecular weight is 202 g/mol. The van der Waals surface area contributed by atoms with Gasteiger partial charge in [0.2, 0.25) is 0 Å². The third-order valence-corrected chi connectivity index (χ3v) is 1.94. The second-order valence-electron chi connectivity index (χ2n) is 2.79. The van der Waals surface area contributed by atoms with Gasteiger partial charge in [-0.2, -0.15) is 0 Å². The summed E-state index contributed by atoms with van der Waals surface area (Å²) in [7, 11) is -0.763. The lowest BCUT2D eigenvalue weighted by molar-refractivity contribution is 0.358. The standard InChI is InChI=1S/C8H9BF2O3/c1-4-5(9(12)13)3-6(10)8(14-2)7(4)11/h3,12-13H,1-2H3. The van der Waals surface area contributed by atoms with Crippen LogP contribution in [0, 0.1) is 18.6 Å². The molecular weight excluding hydrogens is 193 g/mol. The van der Waals surface area contributed by atoms with E-state index in [1.165, 1.54) is 6.92 Å². The summed E-state index contributed by atoms with van der Waals surface area (Å²) < 4.78 is 30.8. The first kappa shape index (κ1) is 10.9. The highest BCUT2D eigenvalue weighted by Gasteiger charge is 2.22. The Morgan fingerprint density at radius 3 is 2.36 bits per heavy atom. The molecule has 0 aromatic heterocycles. The fraction of sp³-hybridized carbons (Fsp3) is 0.250. The van der Waals surface area contributed by atoms with Crippen LogP contribution in [0.1, 0.15) is 5.56 Å². The van der Waals surface area contributed by atoms with Gasteiger partial charge in [0, 0.05) is 0 Å². The Labute approximate surface area is 80.1 Å². The number of hydrogen-bond donors (Lipinski definition) is 2. The van der Waals surface area contributed by atoms with Crippen molar-refractivity contribution in [1.29, 1.82) is 0 Å². The number of rotatable bonds is 2. The van der Waals surface area contributed by atoms with Crippen molar-refractivity contribution >= 4 is 12.6 Å². The highest BCUT2D eigenvalue weighted by molar-refractivity contribution is 6.59. The van der Waals surface area contributed by atoms with Gasteiger partial charge in [-0.05, 0) is 24.0 Å². The Kier molecular flexibility index (Phi) is 3.08. The number of benzene rings is 1. The Balaban J connectivity index is 3.40. The van der Waals surface area contributed by atoms with E-state index in [1.807, 2.05) is 0 Å². The maximum atomic E-state index is 13.3. The van der Waals surface area contributed by atoms with Gasteiger partial charge in [0.25, 0.3) is 0 Å². The van der Waals surface area contributed by atoms with Crippen LogP contribution in [0.4, 0.5) is 8.78 Å². The first-order chi connectivity index (χ1) is 6.49. The molecule has 0 aliphatic rings. The van der Waals surface area contributed by atoms with E-state index in [2.05, 4.69) is 4.74 Å². The van der Waals surface area contributed by atoms with E-state index in [1.54, 1.807) is 0 Å². The van der Waals surface area contributed by atoms with Gasteiger partial charge in [0.1, 0.15) is 0 Å². The third-order valence-electron chi connectivity index (χ3n) is 1.94. The Morgan fingerprint density at radius 1 is 1.36 bits per heavy atom. The zero-order valence-electron chi connectivity index (χ0n) is 7.71. The lowest BCUT2D eigenvalue weighted by Crippen LogP contribution is -2.33. The molecule has 76 valence electrons. The van der Waals surface area contributed by atoms with E-state index in [0.29, 0.717) is 0 Å². The average Bonchev–Trinajstić information content (AvgIpc) is 2.12. The predicted octanol–water partition coefficient (Wildman–Crippen LogP) is -0.0384. The van der Waals surface area contributed by atoms with Gasteiger partial charge in [-0.25, -0.2) is 8.78 Å². The monoisotopic (exact) mass is 202 g/mol. The highest BCUT2D eigenvalue weighted by atomic mass is 19.1. The lowest BCUT2D eigenvalue weighted by atomic mass is 9.77. The summed E-state index contributed by atoms with van der Waals surface area (Å²) in [5, 5.41) is 17.6. The third kappa shape index (κ3) is 1.71. The summed E-state index contributed by atoms with van der Waals surface area (Å²) in [5.41, 5.74) is -0.251. The first-order valence-electron chi connectivity index (χ1n) is 3.87. The Bertz CT molecular complexity index is 355. The van der Waals surface area contributed by atoms with Crippen LogP contribution >= 0.6 is 0 Å². The molecule has 0 unspecified atom stereocenters. The second kappa shape index (κ2) is 3.94. The number of hydrogen-bond acceptors (Lipinski definition) is 3. The van der Waals surface area contributed by atoms with E-state index in [-0.39, 0.29) is 11.0 Å². The molecule has 0 saturated heterocycles. The fourth-order valence-electron chi connectivity index (χ4n) is 1.17. The van der Waals surface area contributed by atoms with Gasteiger partial charge in [0.15, 0.2) is 17.4 Å². The summed E-state index contributed by atoms with van der Waals surface area (Å²) in [6, 6.07) is 0.835. The minimum absolute atomic E-state index is 0.0433. The van der Waals surface area contributed by atoms with Crippen LogP contribution in [0.5, 0.6) is 5.75 Å². The van der Waals surface area contributed by atoms with Crippen molar-refractivity contribution in [3.63, 3.8) is 0 Å². The molecule has 0 heterocycles. The van der Waals surface area contributed by atoms with Crippen molar-refractivity contribution < 1.29 is 23.6 Å². The topological polar surface area (TPSA) is 49.7 Å². The molecule has 6 heteroatoms. The van der Waals surface area contributed by atoms with E-state index in [9.17, 15) is 8.78 Å². The summed E-state index contributed by atoms with van der Waals surface area (Å²) in [4.78, 5) is 0. The van der Waals surface area contributed by atoms with Crippen molar-refractivity contribution in [3.8, 4) is 5.75 Å². The van der Waals surface area contributed by atoms with Crippen molar-refractivity contribution in [1.82, 2.24) is 0 Å². The first-order valence-corrected chi connectivity index (χ1v) is 3.87. The van der Waals surface area contributed by atoms with Crippen LogP contribution in [0.15, 0.2) is 6.07 Å². The molecule has 0 aliphatic heterocycles. The van der Waals surface area contributed by atoms with Crippen molar-refractivity contribution in [3.05, 3.63) is 23.3 Å². The molecule has 1 rings (SSSR count). The lowest BCUT2D eigenvalue weighted by Gasteiger charge is -2.10. The molecule has 1 aromatic carbocycles. The van der Waals surface area contributed by atoms with Crippen LogP contribution in [-0.4, -0.2) is 24.3 Å². The van der Waals surface area contributed by atoms with Crippen molar-refractivity contribution in [2.24, 2.45) is 0 Å². The smallest absolute Gasteiger partial charge is 0.488 e. The molecule has 0 aliphatic carbocycles. The zero-order chi connectivity index (χ0) is 10.9. The molecule has 14 heavy (non-hydrogen) atoms. The van der Waals surface area contributed by atoms with E-state index in [0.717, 1.165) is 13.2 Å². The summed E-state index contributed by atoms with van der Waals surface area (Å²) in [6.07, 6.45) is 0. The number of ether oxygens (including phenoxy) is 1. The van der Waals surface area contributed by atoms with Crippen molar-refractivity contribution in [2.45, 2.75) is 6.92 Å². The minimum Gasteiger partial charge on any atom is -0.491 e. The quantitative estimate of drug-likeness (QED) is 0.661. The maximum Gasteiger partial charge on any atom is 0.488 e. The van der Waals surface area contributed by atoms with Crippen LogP contribution in [0.2, 0.25) is 0 Å². The zero-order valence-corrected chi connectivity index (χ0v) is 7.71. The van der Waals surface area contributed by atoms with Crippen LogP contribution in [-0.2, 0) is 0 Å². The normalized spacial score (nSPS) is 10.1. The molecule has 0 radical (unpaired) electrons. The van der Waals surface area contributed by atoms with E-state index in [4.69, 9.17) is 10.0 Å². The molecule has 0 saturated carbocycles. The fourth-order valence-corrected chi connectivity index (χ4v) is 1.17. The molecule has 3 nitrogen and oxygen atoms in total. The molecule has 0 spiro atoms. The summed E-state index contributed by atoms with van der Waals surface area (Å²) >= 11 is 0. The van der Waals surface area contributed by atoms with Crippen LogP contribution in [0.25, 0.3) is 0 Å². The van der Waals surface area contributed by atoms with Crippen LogP contribution < -0.4 is 10.2 Å². The maximum absolute atomic E-state index is 13.3. The number of methoxy groups -OCH3 is 1. The molecule has 1 aromatic rings. The van der Waals surface area contributed by atoms with E-state index >= 15 is 0 Å². The van der Waals surface area contributed by atoms with Crippen molar-refractivity contribution in [2.75, 3.05) is 7.11 Å². The van der Waals surface area contributed by atoms with Gasteiger partial charge >= 0.3 is 7.12 Å². The Morgan fingerprint density at radius 2 is 1.93 bits per heavy atom. The molecule has 0 bridgehead atoms. The minimum atomic E-state index is -1.90. The molecule has 0 fully saturated rings. The Hall–Kier alpha value is -1.14. The van der Waals surface area contributed by atoms with Gasteiger partial charge < -0.3 is 14.8 Å². The van der Waals surface area contributed by atoms with Crippen LogP contribution in [0.3, 0.4) is 0 Å². The molecule has 0 amide bonds. The predicted molar refractivity (Wildman–Crippen MR) is 47.5 cm³/mol. The second-order valence-corrected chi connectivity index (χ2v) is 2.79. The summed E-state index contributed by atoms with van der Waals surface area (Å²) in [5.74, 6) is -2.40. The SMILES string of the molecule is COc1c(F)cc(B(O)O)c(C)c1F. The molecular formula is C8H9BF2O3. The van der Waals surface area contributed by atoms with Gasteiger partial charge in [-0.1, -0.05) is 0 Å². The van der Waals surface area contributed by atoms with E-state index < -0.39 is 24.5 Å². The van der Waals surface area contributed by atoms with Gasteiger partial charge in [-0.3, -0.25) is 0 Å². The largest absolute Gasteiger partial charge is 0.491 e. The molecule has 0 atom stereocenters.